The largest absolute Gasteiger partial charge is 0.416 e. The van der Waals surface area contributed by atoms with Gasteiger partial charge in [0.25, 0.3) is 5.91 Å². The van der Waals surface area contributed by atoms with Crippen LogP contribution in [0.4, 0.5) is 18.9 Å². The van der Waals surface area contributed by atoms with Crippen molar-refractivity contribution in [3.05, 3.63) is 65.2 Å². The smallest absolute Gasteiger partial charge is 0.342 e. The van der Waals surface area contributed by atoms with Crippen LogP contribution in [0.2, 0.25) is 0 Å². The lowest BCUT2D eigenvalue weighted by Crippen LogP contribution is -2.36. The minimum atomic E-state index is -4.43. The normalized spacial score (nSPS) is 14.6. The number of piperidine rings is 1. The van der Waals surface area contributed by atoms with Crippen LogP contribution in [0.15, 0.2) is 48.5 Å². The van der Waals surface area contributed by atoms with Crippen molar-refractivity contribution in [3.63, 3.8) is 0 Å². The fraction of sp³-hybridized carbons (Fsp3) is 0.333. The van der Waals surface area contributed by atoms with Crippen molar-refractivity contribution in [1.29, 1.82) is 0 Å². The SMILES string of the molecule is O=C(Nc1ccc(CC(=O)N2CCCCC2)cc1)c1ccc(C(F)(F)F)cc1. The molecular weight excluding hydrogens is 369 g/mol. The highest BCUT2D eigenvalue weighted by Crippen LogP contribution is 2.29. The molecule has 1 N–H and O–H groups in total. The molecule has 0 saturated carbocycles. The van der Waals surface area contributed by atoms with E-state index in [1.165, 1.54) is 0 Å². The lowest BCUT2D eigenvalue weighted by Gasteiger charge is -2.26. The highest BCUT2D eigenvalue weighted by atomic mass is 19.4. The second-order valence-electron chi connectivity index (χ2n) is 6.84. The van der Waals surface area contributed by atoms with E-state index in [0.29, 0.717) is 12.1 Å². The highest BCUT2D eigenvalue weighted by Gasteiger charge is 2.30. The van der Waals surface area contributed by atoms with Crippen LogP contribution in [0, 0.1) is 0 Å². The van der Waals surface area contributed by atoms with Crippen molar-refractivity contribution in [2.75, 3.05) is 18.4 Å². The summed E-state index contributed by atoms with van der Waals surface area (Å²) in [6, 6.07) is 10.9. The van der Waals surface area contributed by atoms with E-state index in [1.54, 1.807) is 24.3 Å². The predicted octanol–water partition coefficient (Wildman–Crippen LogP) is 4.51. The van der Waals surface area contributed by atoms with Crippen LogP contribution in [0.25, 0.3) is 0 Å². The number of benzene rings is 2. The van der Waals surface area contributed by atoms with Gasteiger partial charge in [-0.05, 0) is 61.2 Å². The molecule has 0 aliphatic carbocycles. The Labute approximate surface area is 161 Å². The van der Waals surface area contributed by atoms with E-state index in [9.17, 15) is 22.8 Å². The molecule has 1 aliphatic heterocycles. The fourth-order valence-electron chi connectivity index (χ4n) is 3.15. The molecule has 1 aliphatic rings. The molecule has 3 rings (SSSR count). The molecule has 0 aromatic heterocycles. The number of nitrogens with zero attached hydrogens (tertiary/aromatic N) is 1. The molecule has 0 atom stereocenters. The van der Waals surface area contributed by atoms with Crippen molar-refractivity contribution in [1.82, 2.24) is 4.90 Å². The summed E-state index contributed by atoms with van der Waals surface area (Å²) >= 11 is 0. The van der Waals surface area contributed by atoms with E-state index in [4.69, 9.17) is 0 Å². The van der Waals surface area contributed by atoms with Gasteiger partial charge in [0.15, 0.2) is 0 Å². The number of amides is 2. The van der Waals surface area contributed by atoms with Gasteiger partial charge in [-0.1, -0.05) is 12.1 Å². The lowest BCUT2D eigenvalue weighted by atomic mass is 10.1. The van der Waals surface area contributed by atoms with Crippen LogP contribution < -0.4 is 5.32 Å². The van der Waals surface area contributed by atoms with Crippen molar-refractivity contribution in [3.8, 4) is 0 Å². The molecule has 0 radical (unpaired) electrons. The zero-order valence-electron chi connectivity index (χ0n) is 15.3. The number of halogens is 3. The molecule has 2 aromatic rings. The molecule has 0 spiro atoms. The Balaban J connectivity index is 1.57. The average molecular weight is 390 g/mol. The number of likely N-dealkylation sites (tertiary alicyclic amines) is 1. The number of hydrogen-bond donors (Lipinski definition) is 1. The molecule has 148 valence electrons. The van der Waals surface area contributed by atoms with Gasteiger partial charge in [0.2, 0.25) is 5.91 Å². The van der Waals surface area contributed by atoms with E-state index in [-0.39, 0.29) is 11.5 Å². The molecule has 1 heterocycles. The number of rotatable bonds is 4. The molecule has 4 nitrogen and oxygen atoms in total. The summed E-state index contributed by atoms with van der Waals surface area (Å²) in [6.07, 6.45) is -0.873. The average Bonchev–Trinajstić information content (AvgIpc) is 2.69. The first-order valence-corrected chi connectivity index (χ1v) is 9.18. The van der Waals surface area contributed by atoms with Gasteiger partial charge >= 0.3 is 6.18 Å². The molecule has 1 saturated heterocycles. The van der Waals surface area contributed by atoms with Gasteiger partial charge in [-0.3, -0.25) is 9.59 Å². The molecule has 28 heavy (non-hydrogen) atoms. The molecular formula is C21H21F3N2O2. The Hall–Kier alpha value is -2.83. The highest BCUT2D eigenvalue weighted by molar-refractivity contribution is 6.04. The van der Waals surface area contributed by atoms with Crippen molar-refractivity contribution in [2.24, 2.45) is 0 Å². The zero-order valence-corrected chi connectivity index (χ0v) is 15.3. The molecule has 2 amide bonds. The number of nitrogens with one attached hydrogen (secondary N) is 1. The van der Waals surface area contributed by atoms with Gasteiger partial charge in [0.1, 0.15) is 0 Å². The van der Waals surface area contributed by atoms with Crippen LogP contribution in [-0.4, -0.2) is 29.8 Å². The number of carbonyl (C=O) groups is 2. The van der Waals surface area contributed by atoms with E-state index in [1.807, 2.05) is 4.90 Å². The minimum absolute atomic E-state index is 0.0984. The Bertz CT molecular complexity index is 824. The zero-order chi connectivity index (χ0) is 20.1. The second kappa shape index (κ2) is 8.46. The number of anilines is 1. The summed E-state index contributed by atoms with van der Waals surface area (Å²) in [4.78, 5) is 26.4. The van der Waals surface area contributed by atoms with E-state index >= 15 is 0 Å². The number of carbonyl (C=O) groups excluding carboxylic acids is 2. The van der Waals surface area contributed by atoms with Crippen LogP contribution >= 0.6 is 0 Å². The molecule has 7 heteroatoms. The van der Waals surface area contributed by atoms with Crippen LogP contribution in [0.5, 0.6) is 0 Å². The topological polar surface area (TPSA) is 49.4 Å². The third-order valence-electron chi connectivity index (χ3n) is 4.75. The van der Waals surface area contributed by atoms with E-state index in [0.717, 1.165) is 62.2 Å². The number of hydrogen-bond acceptors (Lipinski definition) is 2. The maximum absolute atomic E-state index is 12.6. The fourth-order valence-corrected chi connectivity index (χ4v) is 3.15. The van der Waals surface area contributed by atoms with E-state index < -0.39 is 17.6 Å². The summed E-state index contributed by atoms with van der Waals surface area (Å²) in [5.74, 6) is -0.396. The van der Waals surface area contributed by atoms with Gasteiger partial charge in [-0.25, -0.2) is 0 Å². The number of alkyl halides is 3. The Morgan fingerprint density at radius 1 is 0.893 bits per heavy atom. The van der Waals surface area contributed by atoms with Gasteiger partial charge in [-0.2, -0.15) is 13.2 Å². The first-order chi connectivity index (χ1) is 13.3. The summed E-state index contributed by atoms with van der Waals surface area (Å²) in [5, 5.41) is 2.64. The Morgan fingerprint density at radius 2 is 1.50 bits per heavy atom. The van der Waals surface area contributed by atoms with Gasteiger partial charge in [0, 0.05) is 24.3 Å². The van der Waals surface area contributed by atoms with Crippen molar-refractivity contribution in [2.45, 2.75) is 31.9 Å². The maximum Gasteiger partial charge on any atom is 0.416 e. The van der Waals surface area contributed by atoms with Crippen molar-refractivity contribution >= 4 is 17.5 Å². The molecule has 2 aromatic carbocycles. The Kier molecular flexibility index (Phi) is 6.02. The van der Waals surface area contributed by atoms with Gasteiger partial charge < -0.3 is 10.2 Å². The molecule has 0 unspecified atom stereocenters. The summed E-state index contributed by atoms with van der Waals surface area (Å²) < 4.78 is 37.8. The lowest BCUT2D eigenvalue weighted by molar-refractivity contribution is -0.137. The quantitative estimate of drug-likeness (QED) is 0.835. The second-order valence-corrected chi connectivity index (χ2v) is 6.84. The first-order valence-electron chi connectivity index (χ1n) is 9.18. The third-order valence-corrected chi connectivity index (χ3v) is 4.75. The van der Waals surface area contributed by atoms with Crippen LogP contribution in [-0.2, 0) is 17.4 Å². The minimum Gasteiger partial charge on any atom is -0.342 e. The van der Waals surface area contributed by atoms with Gasteiger partial charge in [0.05, 0.1) is 12.0 Å². The molecule has 0 bridgehead atoms. The van der Waals surface area contributed by atoms with E-state index in [2.05, 4.69) is 5.32 Å². The summed E-state index contributed by atoms with van der Waals surface area (Å²) in [5.41, 5.74) is 0.700. The first kappa shape index (κ1) is 19.9. The summed E-state index contributed by atoms with van der Waals surface area (Å²) in [7, 11) is 0. The van der Waals surface area contributed by atoms with Crippen LogP contribution in [0.3, 0.4) is 0 Å². The summed E-state index contributed by atoms with van der Waals surface area (Å²) in [6.45, 7) is 1.61. The van der Waals surface area contributed by atoms with Gasteiger partial charge in [-0.15, -0.1) is 0 Å². The predicted molar refractivity (Wildman–Crippen MR) is 100.0 cm³/mol. The monoisotopic (exact) mass is 390 g/mol. The standard InChI is InChI=1S/C21H21F3N2O2/c22-21(23,24)17-8-6-16(7-9-17)20(28)25-18-10-4-15(5-11-18)14-19(27)26-12-2-1-3-13-26/h4-11H,1-3,12-14H2,(H,25,28). The third kappa shape index (κ3) is 5.12. The molecule has 1 fully saturated rings. The maximum atomic E-state index is 12.6. The van der Waals surface area contributed by atoms with Crippen molar-refractivity contribution < 1.29 is 22.8 Å². The Morgan fingerprint density at radius 3 is 2.07 bits per heavy atom. The van der Waals surface area contributed by atoms with Crippen LogP contribution in [0.1, 0.15) is 40.7 Å².